The highest BCUT2D eigenvalue weighted by Gasteiger charge is 2.28. The third-order valence-corrected chi connectivity index (χ3v) is 6.19. The van der Waals surface area contributed by atoms with Crippen molar-refractivity contribution in [3.63, 3.8) is 0 Å². The first-order valence-electron chi connectivity index (χ1n) is 7.86. The fraction of sp³-hybridized carbons (Fsp3) is 0.667. The Balaban J connectivity index is 1.66. The molecule has 3 heterocycles. The summed E-state index contributed by atoms with van der Waals surface area (Å²) in [7, 11) is 0. The lowest BCUT2D eigenvalue weighted by Gasteiger charge is -2.27. The Morgan fingerprint density at radius 3 is 3.04 bits per heavy atom. The minimum absolute atomic E-state index is 0.0422. The van der Waals surface area contributed by atoms with E-state index in [1.165, 1.54) is 0 Å². The SMILES string of the molecule is Cc1ncsc1CN(C[C@H]1CCNC1)C(=O)CN1CSCC1=O. The zero-order valence-corrected chi connectivity index (χ0v) is 14.9. The second-order valence-electron chi connectivity index (χ2n) is 6.06. The van der Waals surface area contributed by atoms with Crippen LogP contribution in [0, 0.1) is 12.8 Å². The Morgan fingerprint density at radius 2 is 2.43 bits per heavy atom. The molecule has 1 aromatic heterocycles. The van der Waals surface area contributed by atoms with Gasteiger partial charge in [-0.3, -0.25) is 9.59 Å². The van der Waals surface area contributed by atoms with Gasteiger partial charge in [0.2, 0.25) is 11.8 Å². The van der Waals surface area contributed by atoms with E-state index in [2.05, 4.69) is 10.3 Å². The molecule has 1 atom stereocenters. The minimum atomic E-state index is 0.0422. The van der Waals surface area contributed by atoms with Gasteiger partial charge < -0.3 is 15.1 Å². The van der Waals surface area contributed by atoms with Crippen LogP contribution >= 0.6 is 23.1 Å². The minimum Gasteiger partial charge on any atom is -0.336 e. The van der Waals surface area contributed by atoms with Crippen LogP contribution in [0.4, 0.5) is 0 Å². The first-order chi connectivity index (χ1) is 11.1. The van der Waals surface area contributed by atoms with Crippen LogP contribution < -0.4 is 5.32 Å². The molecule has 1 N–H and O–H groups in total. The second kappa shape index (κ2) is 7.63. The molecular formula is C15H22N4O2S2. The van der Waals surface area contributed by atoms with Gasteiger partial charge in [0.1, 0.15) is 6.54 Å². The number of hydrogen-bond donors (Lipinski definition) is 1. The third-order valence-electron chi connectivity index (χ3n) is 4.32. The van der Waals surface area contributed by atoms with Crippen molar-refractivity contribution in [3.8, 4) is 0 Å². The molecular weight excluding hydrogens is 332 g/mol. The molecule has 0 aromatic carbocycles. The highest BCUT2D eigenvalue weighted by atomic mass is 32.2. The van der Waals surface area contributed by atoms with E-state index in [0.29, 0.717) is 24.1 Å². The lowest BCUT2D eigenvalue weighted by Crippen LogP contribution is -2.43. The summed E-state index contributed by atoms with van der Waals surface area (Å²) >= 11 is 3.16. The van der Waals surface area contributed by atoms with Crippen LogP contribution in [0.25, 0.3) is 0 Å². The monoisotopic (exact) mass is 354 g/mol. The molecule has 0 spiro atoms. The van der Waals surface area contributed by atoms with Gasteiger partial charge in [0, 0.05) is 11.4 Å². The topological polar surface area (TPSA) is 65.5 Å². The fourth-order valence-electron chi connectivity index (χ4n) is 2.89. The normalized spacial score (nSPS) is 21.2. The zero-order chi connectivity index (χ0) is 16.2. The number of carbonyl (C=O) groups excluding carboxylic acids is 2. The molecule has 0 saturated carbocycles. The lowest BCUT2D eigenvalue weighted by molar-refractivity contribution is -0.138. The summed E-state index contributed by atoms with van der Waals surface area (Å²) in [5.41, 5.74) is 2.82. The summed E-state index contributed by atoms with van der Waals surface area (Å²) in [5.74, 6) is 1.73. The van der Waals surface area contributed by atoms with Gasteiger partial charge >= 0.3 is 0 Å². The van der Waals surface area contributed by atoms with Gasteiger partial charge in [-0.1, -0.05) is 0 Å². The van der Waals surface area contributed by atoms with Crippen molar-refractivity contribution in [1.82, 2.24) is 20.1 Å². The molecule has 3 rings (SSSR count). The summed E-state index contributed by atoms with van der Waals surface area (Å²) in [6.45, 7) is 5.51. The summed E-state index contributed by atoms with van der Waals surface area (Å²) in [5, 5.41) is 3.35. The van der Waals surface area contributed by atoms with E-state index < -0.39 is 0 Å². The number of nitrogens with one attached hydrogen (secondary N) is 1. The predicted molar refractivity (Wildman–Crippen MR) is 92.3 cm³/mol. The van der Waals surface area contributed by atoms with Crippen molar-refractivity contribution in [3.05, 3.63) is 16.1 Å². The number of amides is 2. The number of aromatic nitrogens is 1. The Kier molecular flexibility index (Phi) is 5.55. The first kappa shape index (κ1) is 16.7. The predicted octanol–water partition coefficient (Wildman–Crippen LogP) is 0.923. The molecule has 2 aliphatic heterocycles. The van der Waals surface area contributed by atoms with Crippen molar-refractivity contribution in [1.29, 1.82) is 0 Å². The summed E-state index contributed by atoms with van der Waals surface area (Å²) < 4.78 is 0. The lowest BCUT2D eigenvalue weighted by atomic mass is 10.1. The van der Waals surface area contributed by atoms with Crippen molar-refractivity contribution in [2.45, 2.75) is 19.9 Å². The Labute approximate surface area is 144 Å². The molecule has 0 radical (unpaired) electrons. The Morgan fingerprint density at radius 1 is 1.57 bits per heavy atom. The zero-order valence-electron chi connectivity index (χ0n) is 13.3. The van der Waals surface area contributed by atoms with Crippen molar-refractivity contribution in [2.75, 3.05) is 37.8 Å². The molecule has 0 aliphatic carbocycles. The van der Waals surface area contributed by atoms with Gasteiger partial charge in [-0.2, -0.15) is 0 Å². The molecule has 0 bridgehead atoms. The van der Waals surface area contributed by atoms with Crippen LogP contribution in [0.5, 0.6) is 0 Å². The molecule has 8 heteroatoms. The molecule has 2 aliphatic rings. The quantitative estimate of drug-likeness (QED) is 0.823. The summed E-state index contributed by atoms with van der Waals surface area (Å²) in [6, 6.07) is 0. The van der Waals surface area contributed by atoms with E-state index in [1.807, 2.05) is 17.3 Å². The van der Waals surface area contributed by atoms with E-state index >= 15 is 0 Å². The van der Waals surface area contributed by atoms with Gasteiger partial charge in [-0.25, -0.2) is 4.98 Å². The van der Waals surface area contributed by atoms with E-state index in [-0.39, 0.29) is 18.4 Å². The number of hydrogen-bond acceptors (Lipinski definition) is 6. The van der Waals surface area contributed by atoms with Gasteiger partial charge in [0.15, 0.2) is 0 Å². The average molecular weight is 355 g/mol. The Bertz CT molecular complexity index is 572. The van der Waals surface area contributed by atoms with Crippen LogP contribution in [0.15, 0.2) is 5.51 Å². The van der Waals surface area contributed by atoms with Gasteiger partial charge in [-0.15, -0.1) is 23.1 Å². The highest BCUT2D eigenvalue weighted by Crippen LogP contribution is 2.20. The first-order valence-corrected chi connectivity index (χ1v) is 9.90. The number of aryl methyl sites for hydroxylation is 1. The third kappa shape index (κ3) is 4.24. The molecule has 126 valence electrons. The standard InChI is InChI=1S/C15H22N4O2S2/c1-11-13(23-9-17-11)6-18(5-12-2-3-16-4-12)14(20)7-19-10-22-8-15(19)21/h9,12,16H,2-8,10H2,1H3/t12-/m0/s1. The van der Waals surface area contributed by atoms with Crippen LogP contribution in [0.3, 0.4) is 0 Å². The molecule has 23 heavy (non-hydrogen) atoms. The Hall–Kier alpha value is -1.12. The van der Waals surface area contributed by atoms with Crippen LogP contribution in [0.2, 0.25) is 0 Å². The number of rotatable bonds is 6. The number of carbonyl (C=O) groups is 2. The van der Waals surface area contributed by atoms with Gasteiger partial charge in [0.05, 0.1) is 29.4 Å². The maximum atomic E-state index is 12.8. The van der Waals surface area contributed by atoms with Crippen molar-refractivity contribution < 1.29 is 9.59 Å². The number of nitrogens with zero attached hydrogens (tertiary/aromatic N) is 3. The number of thioether (sulfide) groups is 1. The maximum absolute atomic E-state index is 12.8. The van der Waals surface area contributed by atoms with E-state index in [4.69, 9.17) is 0 Å². The molecule has 1 aromatic rings. The fourth-order valence-corrected chi connectivity index (χ4v) is 4.59. The largest absolute Gasteiger partial charge is 0.336 e. The maximum Gasteiger partial charge on any atom is 0.242 e. The smallest absolute Gasteiger partial charge is 0.242 e. The molecule has 2 saturated heterocycles. The second-order valence-corrected chi connectivity index (χ2v) is 7.96. The molecule has 6 nitrogen and oxygen atoms in total. The summed E-state index contributed by atoms with van der Waals surface area (Å²) in [6.07, 6.45) is 1.10. The highest BCUT2D eigenvalue weighted by molar-refractivity contribution is 8.00. The van der Waals surface area contributed by atoms with Crippen molar-refractivity contribution in [2.24, 2.45) is 5.92 Å². The van der Waals surface area contributed by atoms with Gasteiger partial charge in [0.25, 0.3) is 0 Å². The van der Waals surface area contributed by atoms with E-state index in [0.717, 1.165) is 36.6 Å². The van der Waals surface area contributed by atoms with E-state index in [1.54, 1.807) is 28.0 Å². The van der Waals surface area contributed by atoms with Crippen LogP contribution in [0.1, 0.15) is 17.0 Å². The summed E-state index contributed by atoms with van der Waals surface area (Å²) in [4.78, 5) is 33.5. The van der Waals surface area contributed by atoms with Gasteiger partial charge in [-0.05, 0) is 32.4 Å². The van der Waals surface area contributed by atoms with E-state index in [9.17, 15) is 9.59 Å². The van der Waals surface area contributed by atoms with Crippen LogP contribution in [-0.4, -0.2) is 64.4 Å². The van der Waals surface area contributed by atoms with Crippen LogP contribution in [-0.2, 0) is 16.1 Å². The molecule has 2 amide bonds. The molecule has 0 unspecified atom stereocenters. The van der Waals surface area contributed by atoms with Crippen molar-refractivity contribution >= 4 is 34.9 Å². The molecule has 2 fully saturated rings. The number of thiazole rings is 1. The average Bonchev–Trinajstić information content (AvgIpc) is 3.25.